The quantitative estimate of drug-likeness (QED) is 0.507. The van der Waals surface area contributed by atoms with Crippen LogP contribution in [0.4, 0.5) is 15.8 Å². The van der Waals surface area contributed by atoms with Gasteiger partial charge in [-0.15, -0.1) is 0 Å². The first-order valence-corrected chi connectivity index (χ1v) is 6.40. The molecule has 0 radical (unpaired) electrons. The summed E-state index contributed by atoms with van der Waals surface area (Å²) in [6.07, 6.45) is 0.833. The maximum absolute atomic E-state index is 13.8. The molecule has 7 nitrogen and oxygen atoms in total. The zero-order valence-electron chi connectivity index (χ0n) is 11.4. The average Bonchev–Trinajstić information content (AvgIpc) is 2.96. The third-order valence-corrected chi connectivity index (χ3v) is 3.27. The van der Waals surface area contributed by atoms with Gasteiger partial charge >= 0.3 is 11.7 Å². The molecule has 1 unspecified atom stereocenters. The van der Waals surface area contributed by atoms with Crippen molar-refractivity contribution in [1.82, 2.24) is 0 Å². The van der Waals surface area contributed by atoms with Crippen LogP contribution in [0.3, 0.4) is 0 Å². The third kappa shape index (κ3) is 3.46. The molecule has 0 spiro atoms. The van der Waals surface area contributed by atoms with Crippen LogP contribution in [0.1, 0.15) is 16.8 Å². The van der Waals surface area contributed by atoms with Crippen LogP contribution in [0.2, 0.25) is 0 Å². The van der Waals surface area contributed by atoms with E-state index < -0.39 is 22.4 Å². The summed E-state index contributed by atoms with van der Waals surface area (Å²) >= 11 is 0. The molecule has 0 bridgehead atoms. The Morgan fingerprint density at radius 3 is 2.95 bits per heavy atom. The SMILES string of the molecule is COC(=O)c1cc(F)c([N+](=O)[O-])c(NCC2CCOC2)c1. The number of ether oxygens (including phenoxy) is 2. The summed E-state index contributed by atoms with van der Waals surface area (Å²) in [4.78, 5) is 21.6. The summed E-state index contributed by atoms with van der Waals surface area (Å²) in [6.45, 7) is 1.61. The second-order valence-corrected chi connectivity index (χ2v) is 4.71. The molecule has 1 aromatic carbocycles. The summed E-state index contributed by atoms with van der Waals surface area (Å²) in [7, 11) is 1.16. The Bertz CT molecular complexity index is 558. The van der Waals surface area contributed by atoms with Gasteiger partial charge in [-0.05, 0) is 18.6 Å². The number of anilines is 1. The van der Waals surface area contributed by atoms with Crippen molar-refractivity contribution >= 4 is 17.3 Å². The Labute approximate surface area is 120 Å². The number of hydrogen-bond donors (Lipinski definition) is 1. The van der Waals surface area contributed by atoms with Crippen molar-refractivity contribution in [1.29, 1.82) is 0 Å². The van der Waals surface area contributed by atoms with Crippen LogP contribution in [0.25, 0.3) is 0 Å². The number of nitro benzene ring substituents is 1. The van der Waals surface area contributed by atoms with Gasteiger partial charge in [-0.1, -0.05) is 0 Å². The van der Waals surface area contributed by atoms with Gasteiger partial charge in [0.05, 0.1) is 24.2 Å². The third-order valence-electron chi connectivity index (χ3n) is 3.27. The molecule has 0 saturated carbocycles. The molecule has 0 amide bonds. The summed E-state index contributed by atoms with van der Waals surface area (Å²) in [6, 6.07) is 2.02. The highest BCUT2D eigenvalue weighted by Crippen LogP contribution is 2.30. The highest BCUT2D eigenvalue weighted by molar-refractivity contribution is 5.91. The van der Waals surface area contributed by atoms with E-state index in [4.69, 9.17) is 4.74 Å². The number of hydrogen-bond acceptors (Lipinski definition) is 6. The van der Waals surface area contributed by atoms with Crippen LogP contribution in [0.5, 0.6) is 0 Å². The van der Waals surface area contributed by atoms with Gasteiger partial charge in [-0.2, -0.15) is 4.39 Å². The minimum Gasteiger partial charge on any atom is -0.465 e. The van der Waals surface area contributed by atoms with Crippen molar-refractivity contribution in [3.8, 4) is 0 Å². The summed E-state index contributed by atoms with van der Waals surface area (Å²) in [5.74, 6) is -1.63. The molecule has 1 aliphatic rings. The standard InChI is InChI=1S/C13H15FN2O5/c1-20-13(17)9-4-10(14)12(16(18)19)11(5-9)15-6-8-2-3-21-7-8/h4-5,8,15H,2-3,6-7H2,1H3. The lowest BCUT2D eigenvalue weighted by molar-refractivity contribution is -0.386. The van der Waals surface area contributed by atoms with Gasteiger partial charge in [-0.25, -0.2) is 4.79 Å². The van der Waals surface area contributed by atoms with Gasteiger partial charge in [0.2, 0.25) is 5.82 Å². The van der Waals surface area contributed by atoms with Crippen LogP contribution in [0.15, 0.2) is 12.1 Å². The monoisotopic (exact) mass is 298 g/mol. The molecule has 114 valence electrons. The number of carbonyl (C=O) groups excluding carboxylic acids is 1. The lowest BCUT2D eigenvalue weighted by Crippen LogP contribution is -2.16. The molecule has 1 heterocycles. The van der Waals surface area contributed by atoms with Crippen LogP contribution in [-0.2, 0) is 9.47 Å². The molecule has 2 rings (SSSR count). The first kappa shape index (κ1) is 15.2. The Balaban J connectivity index is 2.27. The second-order valence-electron chi connectivity index (χ2n) is 4.71. The fraction of sp³-hybridized carbons (Fsp3) is 0.462. The molecule has 8 heteroatoms. The largest absolute Gasteiger partial charge is 0.465 e. The van der Waals surface area contributed by atoms with Crippen molar-refractivity contribution in [2.75, 3.05) is 32.2 Å². The van der Waals surface area contributed by atoms with E-state index >= 15 is 0 Å². The second kappa shape index (κ2) is 6.49. The molecule has 0 aliphatic carbocycles. The highest BCUT2D eigenvalue weighted by Gasteiger charge is 2.25. The number of rotatable bonds is 5. The topological polar surface area (TPSA) is 90.7 Å². The van der Waals surface area contributed by atoms with Crippen LogP contribution < -0.4 is 5.32 Å². The van der Waals surface area contributed by atoms with E-state index in [0.29, 0.717) is 19.8 Å². The fourth-order valence-corrected chi connectivity index (χ4v) is 2.15. The smallest absolute Gasteiger partial charge is 0.338 e. The molecular weight excluding hydrogens is 283 g/mol. The zero-order valence-corrected chi connectivity index (χ0v) is 11.4. The fourth-order valence-electron chi connectivity index (χ4n) is 2.15. The molecule has 0 aromatic heterocycles. The number of nitro groups is 1. The van der Waals surface area contributed by atoms with E-state index in [1.807, 2.05) is 0 Å². The van der Waals surface area contributed by atoms with Gasteiger partial charge in [-0.3, -0.25) is 10.1 Å². The lowest BCUT2D eigenvalue weighted by Gasteiger charge is -2.12. The van der Waals surface area contributed by atoms with Gasteiger partial charge in [0.25, 0.3) is 0 Å². The molecular formula is C13H15FN2O5. The van der Waals surface area contributed by atoms with E-state index in [0.717, 1.165) is 19.6 Å². The number of carbonyl (C=O) groups is 1. The number of methoxy groups -OCH3 is 1. The van der Waals surface area contributed by atoms with E-state index in [9.17, 15) is 19.3 Å². The van der Waals surface area contributed by atoms with Gasteiger partial charge in [0, 0.05) is 19.1 Å². The minimum absolute atomic E-state index is 0.0349. The van der Waals surface area contributed by atoms with Crippen molar-refractivity contribution < 1.29 is 23.6 Å². The molecule has 1 saturated heterocycles. The minimum atomic E-state index is -1.08. The Morgan fingerprint density at radius 2 is 2.38 bits per heavy atom. The average molecular weight is 298 g/mol. The van der Waals surface area contributed by atoms with Gasteiger partial charge in [0.15, 0.2) is 0 Å². The van der Waals surface area contributed by atoms with Crippen LogP contribution >= 0.6 is 0 Å². The molecule has 1 aliphatic heterocycles. The summed E-state index contributed by atoms with van der Waals surface area (Å²) in [5.41, 5.74) is -0.792. The van der Waals surface area contributed by atoms with E-state index in [1.165, 1.54) is 6.07 Å². The Hall–Kier alpha value is -2.22. The molecule has 1 aromatic rings. The van der Waals surface area contributed by atoms with Gasteiger partial charge in [0.1, 0.15) is 5.69 Å². The van der Waals surface area contributed by atoms with Crippen molar-refractivity contribution in [2.45, 2.75) is 6.42 Å². The first-order chi connectivity index (χ1) is 10.0. The first-order valence-electron chi connectivity index (χ1n) is 6.40. The number of benzene rings is 1. The Morgan fingerprint density at radius 1 is 1.62 bits per heavy atom. The van der Waals surface area contributed by atoms with E-state index in [-0.39, 0.29) is 17.2 Å². The summed E-state index contributed by atoms with van der Waals surface area (Å²) < 4.78 is 23.5. The zero-order chi connectivity index (χ0) is 15.4. The Kier molecular flexibility index (Phi) is 4.69. The van der Waals surface area contributed by atoms with Crippen molar-refractivity contribution in [3.63, 3.8) is 0 Å². The number of halogens is 1. The van der Waals surface area contributed by atoms with Crippen molar-refractivity contribution in [3.05, 3.63) is 33.6 Å². The van der Waals surface area contributed by atoms with E-state index in [1.54, 1.807) is 0 Å². The van der Waals surface area contributed by atoms with Gasteiger partial charge < -0.3 is 14.8 Å². The number of esters is 1. The maximum Gasteiger partial charge on any atom is 0.338 e. The maximum atomic E-state index is 13.8. The number of nitrogens with zero attached hydrogens (tertiary/aromatic N) is 1. The predicted molar refractivity (Wildman–Crippen MR) is 71.8 cm³/mol. The molecule has 1 N–H and O–H groups in total. The van der Waals surface area contributed by atoms with Crippen molar-refractivity contribution in [2.24, 2.45) is 5.92 Å². The molecule has 1 fully saturated rings. The van der Waals surface area contributed by atoms with E-state index in [2.05, 4.69) is 10.1 Å². The van der Waals surface area contributed by atoms with Crippen LogP contribution in [-0.4, -0.2) is 37.8 Å². The molecule has 21 heavy (non-hydrogen) atoms. The normalized spacial score (nSPS) is 17.5. The highest BCUT2D eigenvalue weighted by atomic mass is 19.1. The summed E-state index contributed by atoms with van der Waals surface area (Å²) in [5, 5.41) is 13.8. The number of nitrogens with one attached hydrogen (secondary N) is 1. The molecule has 1 atom stereocenters. The lowest BCUT2D eigenvalue weighted by atomic mass is 10.1. The van der Waals surface area contributed by atoms with Crippen LogP contribution in [0, 0.1) is 21.8 Å². The predicted octanol–water partition coefficient (Wildman–Crippen LogP) is 1.97.